The summed E-state index contributed by atoms with van der Waals surface area (Å²) in [6, 6.07) is 14.5. The van der Waals surface area contributed by atoms with Gasteiger partial charge >= 0.3 is 0 Å². The predicted molar refractivity (Wildman–Crippen MR) is 186 cm³/mol. The van der Waals surface area contributed by atoms with Gasteiger partial charge in [0, 0.05) is 48.2 Å². The molecule has 12 heteroatoms. The van der Waals surface area contributed by atoms with Crippen molar-refractivity contribution in [2.75, 3.05) is 41.8 Å². The first-order valence-electron chi connectivity index (χ1n) is 16.6. The Morgan fingerprint density at radius 2 is 1.76 bits per heavy atom. The molecule has 4 amide bonds. The molecule has 256 valence electrons. The molecule has 3 unspecified atom stereocenters. The van der Waals surface area contributed by atoms with Crippen LogP contribution in [0.3, 0.4) is 0 Å². The number of carbonyl (C=O) groups is 4. The number of nitrogens with one attached hydrogen (secondary N) is 4. The SMILES string of the molecule is C=C1C(C)(C(=O)NCc2ccc(C(=O)Nc3ccc(C)c(Nc4nccc(N5CCOCC5)n4)c3)cc2)CC2(C)CC1(CC)C(=O)NC2=O. The van der Waals surface area contributed by atoms with E-state index in [9.17, 15) is 19.2 Å². The standard InChI is InChI=1S/C37H43N7O5/c1-6-37-22-35(4,31(46)43-33(37)48)21-36(5,24(37)3)32(47)39-20-25-8-10-26(11-9-25)30(45)40-27-12-7-23(2)28(19-27)41-34-38-14-13-29(42-34)44-15-17-49-18-16-44/h7-14,19H,3,6,15-18,20-22H2,1-2,4-5H3,(H,39,47)(H,40,45)(H,38,41,42)(H,43,46,48). The van der Waals surface area contributed by atoms with E-state index in [1.807, 2.05) is 45.0 Å². The molecule has 3 aromatic rings. The molecule has 3 heterocycles. The smallest absolute Gasteiger partial charge is 0.255 e. The first kappa shape index (κ1) is 33.8. The van der Waals surface area contributed by atoms with E-state index in [0.29, 0.717) is 48.8 Å². The highest BCUT2D eigenvalue weighted by molar-refractivity contribution is 6.07. The molecule has 3 fully saturated rings. The molecule has 49 heavy (non-hydrogen) atoms. The summed E-state index contributed by atoms with van der Waals surface area (Å²) in [5.41, 5.74) is 1.19. The van der Waals surface area contributed by atoms with Gasteiger partial charge in [-0.2, -0.15) is 4.98 Å². The summed E-state index contributed by atoms with van der Waals surface area (Å²) < 4.78 is 5.45. The van der Waals surface area contributed by atoms with Gasteiger partial charge in [-0.3, -0.25) is 24.5 Å². The maximum atomic E-state index is 13.7. The number of aromatic nitrogens is 2. The summed E-state index contributed by atoms with van der Waals surface area (Å²) >= 11 is 0. The van der Waals surface area contributed by atoms with Crippen LogP contribution < -0.4 is 26.2 Å². The van der Waals surface area contributed by atoms with Crippen LogP contribution in [0.25, 0.3) is 0 Å². The van der Waals surface area contributed by atoms with Crippen LogP contribution in [0.5, 0.6) is 0 Å². The van der Waals surface area contributed by atoms with Crippen molar-refractivity contribution < 1.29 is 23.9 Å². The minimum absolute atomic E-state index is 0.210. The van der Waals surface area contributed by atoms with Gasteiger partial charge in [0.1, 0.15) is 5.82 Å². The van der Waals surface area contributed by atoms with E-state index in [1.54, 1.807) is 37.4 Å². The van der Waals surface area contributed by atoms with Crippen molar-refractivity contribution in [1.29, 1.82) is 0 Å². The number of anilines is 4. The lowest BCUT2D eigenvalue weighted by molar-refractivity contribution is -0.157. The predicted octanol–water partition coefficient (Wildman–Crippen LogP) is 4.65. The van der Waals surface area contributed by atoms with Gasteiger partial charge in [-0.25, -0.2) is 4.98 Å². The Kier molecular flexibility index (Phi) is 9.02. The summed E-state index contributed by atoms with van der Waals surface area (Å²) in [6.45, 7) is 14.7. The number of ether oxygens (including phenoxy) is 1. The summed E-state index contributed by atoms with van der Waals surface area (Å²) in [7, 11) is 0. The van der Waals surface area contributed by atoms with E-state index in [1.165, 1.54) is 0 Å². The fourth-order valence-corrected chi connectivity index (χ4v) is 7.41. The third kappa shape index (κ3) is 6.40. The topological polar surface area (TPSA) is 155 Å². The number of aryl methyl sites for hydroxylation is 1. The quantitative estimate of drug-likeness (QED) is 0.189. The number of rotatable bonds is 9. The number of amides is 4. The number of fused-ring (bicyclic) bond motifs is 2. The van der Waals surface area contributed by atoms with Crippen LogP contribution in [0, 0.1) is 23.2 Å². The Balaban J connectivity index is 1.08. The van der Waals surface area contributed by atoms with Crippen molar-refractivity contribution in [3.05, 3.63) is 83.6 Å². The molecule has 1 saturated carbocycles. The Hall–Kier alpha value is -5.10. The Labute approximate surface area is 286 Å². The van der Waals surface area contributed by atoms with Gasteiger partial charge in [-0.15, -0.1) is 0 Å². The van der Waals surface area contributed by atoms with Gasteiger partial charge in [-0.1, -0.05) is 38.6 Å². The molecular formula is C37H43N7O5. The minimum Gasteiger partial charge on any atom is -0.378 e. The Bertz CT molecular complexity index is 1820. The number of imide groups is 1. The van der Waals surface area contributed by atoms with Crippen LogP contribution >= 0.6 is 0 Å². The fourth-order valence-electron chi connectivity index (χ4n) is 7.41. The van der Waals surface area contributed by atoms with Gasteiger partial charge in [0.2, 0.25) is 23.7 Å². The highest BCUT2D eigenvalue weighted by Gasteiger charge is 2.64. The van der Waals surface area contributed by atoms with Crippen molar-refractivity contribution in [1.82, 2.24) is 20.6 Å². The van der Waals surface area contributed by atoms with Gasteiger partial charge in [0.25, 0.3) is 5.91 Å². The molecule has 2 bridgehead atoms. The minimum atomic E-state index is -1.10. The van der Waals surface area contributed by atoms with Crippen molar-refractivity contribution >= 4 is 46.8 Å². The average molecular weight is 666 g/mol. The molecule has 1 aromatic heterocycles. The second-order valence-corrected chi connectivity index (χ2v) is 13.8. The summed E-state index contributed by atoms with van der Waals surface area (Å²) in [6.07, 6.45) is 2.78. The molecule has 2 aromatic carbocycles. The number of morpholine rings is 1. The molecule has 4 N–H and O–H groups in total. The number of carbonyl (C=O) groups excluding carboxylic acids is 4. The first-order valence-corrected chi connectivity index (χ1v) is 16.6. The molecule has 2 aliphatic heterocycles. The van der Waals surface area contributed by atoms with Crippen molar-refractivity contribution in [2.24, 2.45) is 16.2 Å². The molecule has 0 radical (unpaired) electrons. The number of hydrogen-bond donors (Lipinski definition) is 4. The Morgan fingerprint density at radius 1 is 1.02 bits per heavy atom. The largest absolute Gasteiger partial charge is 0.378 e. The average Bonchev–Trinajstić information content (AvgIpc) is 3.10. The van der Waals surface area contributed by atoms with Crippen LogP contribution in [-0.4, -0.2) is 59.9 Å². The number of nitrogens with zero attached hydrogens (tertiary/aromatic N) is 3. The van der Waals surface area contributed by atoms with Crippen LogP contribution in [0.15, 0.2) is 66.9 Å². The third-order valence-corrected chi connectivity index (χ3v) is 10.4. The maximum Gasteiger partial charge on any atom is 0.255 e. The van der Waals surface area contributed by atoms with E-state index in [-0.39, 0.29) is 36.6 Å². The summed E-state index contributed by atoms with van der Waals surface area (Å²) in [5, 5.41) is 11.7. The van der Waals surface area contributed by atoms with Crippen LogP contribution in [0.4, 0.5) is 23.1 Å². The molecule has 0 spiro atoms. The second-order valence-electron chi connectivity index (χ2n) is 13.8. The number of hydrogen-bond acceptors (Lipinski definition) is 9. The molecule has 3 atom stereocenters. The zero-order valence-corrected chi connectivity index (χ0v) is 28.4. The molecule has 12 nitrogen and oxygen atoms in total. The number of benzene rings is 2. The van der Waals surface area contributed by atoms with Gasteiger partial charge < -0.3 is 25.6 Å². The molecule has 3 aliphatic rings. The van der Waals surface area contributed by atoms with E-state index in [0.717, 1.165) is 35.7 Å². The number of piperidine rings is 1. The highest BCUT2D eigenvalue weighted by atomic mass is 16.5. The molecule has 6 rings (SSSR count). The van der Waals surface area contributed by atoms with Crippen LogP contribution in [0.1, 0.15) is 61.5 Å². The van der Waals surface area contributed by atoms with Crippen LogP contribution in [-0.2, 0) is 25.7 Å². The second kappa shape index (κ2) is 13.1. The van der Waals surface area contributed by atoms with Crippen molar-refractivity contribution in [3.8, 4) is 0 Å². The molecule has 2 saturated heterocycles. The van der Waals surface area contributed by atoms with Crippen LogP contribution in [0.2, 0.25) is 0 Å². The highest BCUT2D eigenvalue weighted by Crippen LogP contribution is 2.60. The lowest BCUT2D eigenvalue weighted by Crippen LogP contribution is -2.65. The summed E-state index contributed by atoms with van der Waals surface area (Å²) in [4.78, 5) is 63.9. The first-order chi connectivity index (χ1) is 23.4. The zero-order chi connectivity index (χ0) is 35.0. The van der Waals surface area contributed by atoms with Gasteiger partial charge in [0.05, 0.1) is 24.0 Å². The monoisotopic (exact) mass is 665 g/mol. The normalized spacial score (nSPS) is 25.0. The van der Waals surface area contributed by atoms with E-state index < -0.39 is 16.2 Å². The lowest BCUT2D eigenvalue weighted by Gasteiger charge is -2.55. The maximum absolute atomic E-state index is 13.7. The van der Waals surface area contributed by atoms with Gasteiger partial charge in [0.15, 0.2) is 0 Å². The molecule has 1 aliphatic carbocycles. The van der Waals surface area contributed by atoms with Crippen molar-refractivity contribution in [3.63, 3.8) is 0 Å². The van der Waals surface area contributed by atoms with E-state index in [2.05, 4.69) is 42.7 Å². The van der Waals surface area contributed by atoms with E-state index in [4.69, 9.17) is 4.74 Å². The van der Waals surface area contributed by atoms with Gasteiger partial charge in [-0.05, 0) is 80.1 Å². The van der Waals surface area contributed by atoms with E-state index >= 15 is 0 Å². The third-order valence-electron chi connectivity index (χ3n) is 10.4. The zero-order valence-electron chi connectivity index (χ0n) is 28.4. The fraction of sp³-hybridized carbons (Fsp3) is 0.405. The molecular weight excluding hydrogens is 622 g/mol. The van der Waals surface area contributed by atoms with Crippen molar-refractivity contribution in [2.45, 2.75) is 53.5 Å². The lowest BCUT2D eigenvalue weighted by atomic mass is 9.48. The Morgan fingerprint density at radius 3 is 2.47 bits per heavy atom. The summed E-state index contributed by atoms with van der Waals surface area (Å²) in [5.74, 6) is -0.00503.